The fourth-order valence-electron chi connectivity index (χ4n) is 2.24. The quantitative estimate of drug-likeness (QED) is 0.505. The zero-order valence-corrected chi connectivity index (χ0v) is 8.41. The maximum absolute atomic E-state index is 8.90. The molecule has 1 saturated heterocycles. The van der Waals surface area contributed by atoms with Crippen LogP contribution in [0.5, 0.6) is 0 Å². The van der Waals surface area contributed by atoms with Crippen molar-refractivity contribution in [2.24, 2.45) is 11.8 Å². The molecule has 0 radical (unpaired) electrons. The first-order valence-corrected chi connectivity index (χ1v) is 5.63. The van der Waals surface area contributed by atoms with Crippen LogP contribution in [0.3, 0.4) is 0 Å². The van der Waals surface area contributed by atoms with E-state index in [1.54, 1.807) is 0 Å². The third-order valence-electron chi connectivity index (χ3n) is 3.35. The van der Waals surface area contributed by atoms with E-state index in [4.69, 9.17) is 9.84 Å². The van der Waals surface area contributed by atoms with Gasteiger partial charge in [-0.2, -0.15) is 0 Å². The van der Waals surface area contributed by atoms with E-state index in [-0.39, 0.29) is 0 Å². The van der Waals surface area contributed by atoms with Gasteiger partial charge >= 0.3 is 0 Å². The van der Waals surface area contributed by atoms with Crippen LogP contribution in [-0.2, 0) is 4.74 Å². The number of ether oxygens (including phenoxy) is 1. The molecule has 2 fully saturated rings. The molecule has 4 atom stereocenters. The van der Waals surface area contributed by atoms with Crippen LogP contribution in [0.15, 0.2) is 0 Å². The predicted molar refractivity (Wildman–Crippen MR) is 51.5 cm³/mol. The van der Waals surface area contributed by atoms with Crippen LogP contribution in [0.4, 0.5) is 0 Å². The Bertz CT molecular complexity index is 169. The molecule has 0 amide bonds. The Morgan fingerprint density at radius 2 is 2.23 bits per heavy atom. The van der Waals surface area contributed by atoms with Crippen LogP contribution in [0, 0.1) is 11.8 Å². The monoisotopic (exact) mass is 184 g/mol. The zero-order chi connectivity index (χ0) is 9.26. The van der Waals surface area contributed by atoms with Crippen molar-refractivity contribution >= 4 is 0 Å². The molecule has 0 spiro atoms. The highest BCUT2D eigenvalue weighted by Gasteiger charge is 2.54. The van der Waals surface area contributed by atoms with Gasteiger partial charge in [0.2, 0.25) is 0 Å². The molecule has 1 aliphatic carbocycles. The summed E-state index contributed by atoms with van der Waals surface area (Å²) in [5.74, 6) is 1.28. The number of aliphatic hydroxyl groups excluding tert-OH is 1. The van der Waals surface area contributed by atoms with Gasteiger partial charge in [-0.15, -0.1) is 0 Å². The highest BCUT2D eigenvalue weighted by Crippen LogP contribution is 2.50. The van der Waals surface area contributed by atoms with Crippen molar-refractivity contribution in [2.75, 3.05) is 6.61 Å². The van der Waals surface area contributed by atoms with E-state index in [0.29, 0.717) is 30.7 Å². The van der Waals surface area contributed by atoms with E-state index in [1.165, 1.54) is 32.1 Å². The van der Waals surface area contributed by atoms with Crippen molar-refractivity contribution in [3.05, 3.63) is 0 Å². The summed E-state index contributed by atoms with van der Waals surface area (Å²) in [5, 5.41) is 8.90. The summed E-state index contributed by atoms with van der Waals surface area (Å²) in [4.78, 5) is 0. The summed E-state index contributed by atoms with van der Waals surface area (Å²) >= 11 is 0. The third-order valence-corrected chi connectivity index (χ3v) is 3.35. The second kappa shape index (κ2) is 3.97. The van der Waals surface area contributed by atoms with E-state index < -0.39 is 0 Å². The number of rotatable bonds is 6. The molecule has 4 unspecified atom stereocenters. The van der Waals surface area contributed by atoms with E-state index in [9.17, 15) is 0 Å². The second-order valence-electron chi connectivity index (χ2n) is 4.48. The molecule has 1 aliphatic heterocycles. The lowest BCUT2D eigenvalue weighted by Crippen LogP contribution is -2.00. The molecule has 1 saturated carbocycles. The third kappa shape index (κ3) is 2.23. The van der Waals surface area contributed by atoms with Crippen molar-refractivity contribution < 1.29 is 9.84 Å². The van der Waals surface area contributed by atoms with Crippen molar-refractivity contribution in [2.45, 2.75) is 51.2 Å². The van der Waals surface area contributed by atoms with Crippen molar-refractivity contribution in [3.8, 4) is 0 Å². The smallest absolute Gasteiger partial charge is 0.0873 e. The predicted octanol–water partition coefficient (Wildman–Crippen LogP) is 1.96. The summed E-state index contributed by atoms with van der Waals surface area (Å²) in [6.07, 6.45) is 7.45. The summed E-state index contributed by atoms with van der Waals surface area (Å²) in [5.41, 5.74) is 0. The molecule has 13 heavy (non-hydrogen) atoms. The minimum absolute atomic E-state index is 0.367. The number of hydrogen-bond donors (Lipinski definition) is 1. The lowest BCUT2D eigenvalue weighted by atomic mass is 10.1. The lowest BCUT2D eigenvalue weighted by molar-refractivity contribution is 0.259. The molecule has 0 aromatic rings. The number of unbranched alkanes of at least 4 members (excludes halogenated alkanes) is 2. The highest BCUT2D eigenvalue weighted by molar-refractivity contribution is 5.01. The Hall–Kier alpha value is -0.0800. The number of hydrogen-bond acceptors (Lipinski definition) is 2. The number of aliphatic hydroxyl groups is 1. The van der Waals surface area contributed by atoms with Gasteiger partial charge in [-0.3, -0.25) is 0 Å². The molecule has 0 bridgehead atoms. The maximum Gasteiger partial charge on any atom is 0.0873 e. The van der Waals surface area contributed by atoms with Gasteiger partial charge < -0.3 is 9.84 Å². The Morgan fingerprint density at radius 1 is 1.38 bits per heavy atom. The Labute approximate surface area is 80.3 Å². The van der Waals surface area contributed by atoms with Crippen LogP contribution >= 0.6 is 0 Å². The highest BCUT2D eigenvalue weighted by atomic mass is 16.6. The molecule has 1 heterocycles. The minimum Gasteiger partial charge on any atom is -0.396 e. The molecule has 76 valence electrons. The Morgan fingerprint density at radius 3 is 2.85 bits per heavy atom. The van der Waals surface area contributed by atoms with Gasteiger partial charge in [0.05, 0.1) is 12.2 Å². The molecule has 2 rings (SSSR count). The van der Waals surface area contributed by atoms with Crippen LogP contribution in [0.25, 0.3) is 0 Å². The molecule has 1 N–H and O–H groups in total. The van der Waals surface area contributed by atoms with Gasteiger partial charge in [0.15, 0.2) is 0 Å². The van der Waals surface area contributed by atoms with E-state index in [2.05, 4.69) is 6.92 Å². The van der Waals surface area contributed by atoms with Gasteiger partial charge in [0.1, 0.15) is 0 Å². The zero-order valence-electron chi connectivity index (χ0n) is 8.41. The van der Waals surface area contributed by atoms with Gasteiger partial charge in [-0.05, 0) is 24.7 Å². The largest absolute Gasteiger partial charge is 0.396 e. The first-order valence-electron chi connectivity index (χ1n) is 5.63. The molecular formula is C11H20O2. The first-order chi connectivity index (χ1) is 6.36. The van der Waals surface area contributed by atoms with Gasteiger partial charge in [0, 0.05) is 6.61 Å². The van der Waals surface area contributed by atoms with Crippen LogP contribution in [0.2, 0.25) is 0 Å². The fraction of sp³-hybridized carbons (Fsp3) is 1.00. The van der Waals surface area contributed by atoms with E-state index in [1.807, 2.05) is 0 Å². The van der Waals surface area contributed by atoms with Crippen molar-refractivity contribution in [1.82, 2.24) is 0 Å². The molecule has 0 aromatic heterocycles. The Kier molecular flexibility index (Phi) is 2.89. The topological polar surface area (TPSA) is 32.8 Å². The van der Waals surface area contributed by atoms with Crippen molar-refractivity contribution in [1.29, 1.82) is 0 Å². The molecular weight excluding hydrogens is 164 g/mol. The van der Waals surface area contributed by atoms with Crippen molar-refractivity contribution in [3.63, 3.8) is 0 Å². The summed E-state index contributed by atoms with van der Waals surface area (Å²) in [6, 6.07) is 0. The van der Waals surface area contributed by atoms with Gasteiger partial charge in [-0.25, -0.2) is 0 Å². The van der Waals surface area contributed by atoms with E-state index >= 15 is 0 Å². The van der Waals surface area contributed by atoms with Crippen LogP contribution in [-0.4, -0.2) is 23.9 Å². The van der Waals surface area contributed by atoms with Gasteiger partial charge in [0.25, 0.3) is 0 Å². The fourth-order valence-corrected chi connectivity index (χ4v) is 2.24. The van der Waals surface area contributed by atoms with Crippen LogP contribution in [0.1, 0.15) is 39.0 Å². The Balaban J connectivity index is 1.56. The summed E-state index contributed by atoms with van der Waals surface area (Å²) < 4.78 is 5.61. The SMILES string of the molecule is CCCCCC1OC1C1CC1CO. The lowest BCUT2D eigenvalue weighted by Gasteiger charge is -1.94. The average molecular weight is 184 g/mol. The average Bonchev–Trinajstić information content (AvgIpc) is 2.99. The summed E-state index contributed by atoms with van der Waals surface area (Å²) in [6.45, 7) is 2.60. The molecule has 2 nitrogen and oxygen atoms in total. The standard InChI is InChI=1S/C11H20O2/c1-2-3-4-5-10-11(13-10)9-6-8(9)7-12/h8-12H,2-7H2,1H3. The normalized spacial score (nSPS) is 42.0. The second-order valence-corrected chi connectivity index (χ2v) is 4.48. The van der Waals surface area contributed by atoms with E-state index in [0.717, 1.165) is 0 Å². The minimum atomic E-state index is 0.367. The molecule has 2 aliphatic rings. The first kappa shape index (κ1) is 9.47. The molecule has 0 aromatic carbocycles. The molecule has 2 heteroatoms. The van der Waals surface area contributed by atoms with Gasteiger partial charge in [-0.1, -0.05) is 26.2 Å². The maximum atomic E-state index is 8.90. The number of epoxide rings is 1. The van der Waals surface area contributed by atoms with Crippen LogP contribution < -0.4 is 0 Å². The summed E-state index contributed by atoms with van der Waals surface area (Å²) in [7, 11) is 0.